The van der Waals surface area contributed by atoms with Crippen LogP contribution in [0.3, 0.4) is 0 Å². The summed E-state index contributed by atoms with van der Waals surface area (Å²) in [5.41, 5.74) is 2.82. The number of hydrogen-bond donors (Lipinski definition) is 2. The predicted octanol–water partition coefficient (Wildman–Crippen LogP) is 3.01. The van der Waals surface area contributed by atoms with Crippen LogP contribution in [-0.4, -0.2) is 25.9 Å². The Morgan fingerprint density at radius 1 is 1.05 bits per heavy atom. The van der Waals surface area contributed by atoms with Crippen molar-refractivity contribution in [1.29, 1.82) is 0 Å². The quantitative estimate of drug-likeness (QED) is 0.395. The number of pyridine rings is 1. The van der Waals surface area contributed by atoms with Gasteiger partial charge in [-0.3, -0.25) is 14.4 Å². The van der Waals surface area contributed by atoms with Gasteiger partial charge >= 0.3 is 5.69 Å². The van der Waals surface area contributed by atoms with Crippen molar-refractivity contribution in [2.24, 2.45) is 12.8 Å². The lowest BCUT2D eigenvalue weighted by Gasteiger charge is -2.12. The molecule has 0 spiro atoms. The average molecular weight is 528 g/mol. The molecule has 2 aromatic carbocycles. The first-order chi connectivity index (χ1) is 17.6. The molecule has 188 valence electrons. The minimum Gasteiger partial charge on any atom is -0.453 e. The second-order valence-electron chi connectivity index (χ2n) is 7.59. The van der Waals surface area contributed by atoms with Crippen LogP contribution in [0.25, 0.3) is 5.69 Å². The van der Waals surface area contributed by atoms with Crippen LogP contribution in [0.4, 0.5) is 14.5 Å². The molecule has 0 aliphatic heterocycles. The maximum atomic E-state index is 14.7. The van der Waals surface area contributed by atoms with E-state index in [1.807, 2.05) is 0 Å². The van der Waals surface area contributed by atoms with Gasteiger partial charge in [0.05, 0.1) is 5.69 Å². The molecule has 37 heavy (non-hydrogen) atoms. The molecule has 0 saturated carbocycles. The second-order valence-corrected chi connectivity index (χ2v) is 7.97. The van der Waals surface area contributed by atoms with Gasteiger partial charge in [-0.2, -0.15) is 0 Å². The van der Waals surface area contributed by atoms with Gasteiger partial charge in [0.2, 0.25) is 0 Å². The summed E-state index contributed by atoms with van der Waals surface area (Å²) in [5.74, 6) is -3.67. The number of halogens is 3. The Morgan fingerprint density at radius 3 is 2.41 bits per heavy atom. The maximum absolute atomic E-state index is 14.7. The molecule has 0 saturated heterocycles. The van der Waals surface area contributed by atoms with Gasteiger partial charge in [-0.05, 0) is 36.4 Å². The molecule has 0 fully saturated rings. The first kappa shape index (κ1) is 25.3. The van der Waals surface area contributed by atoms with Crippen LogP contribution in [0.2, 0.25) is 5.02 Å². The van der Waals surface area contributed by atoms with E-state index in [1.54, 1.807) is 0 Å². The Balaban J connectivity index is 1.61. The van der Waals surface area contributed by atoms with E-state index in [0.717, 1.165) is 29.0 Å². The molecular formula is C24H16ClF2N5O5. The normalized spacial score (nSPS) is 10.7. The predicted molar refractivity (Wildman–Crippen MR) is 129 cm³/mol. The molecular weight excluding hydrogens is 512 g/mol. The zero-order valence-corrected chi connectivity index (χ0v) is 19.6. The summed E-state index contributed by atoms with van der Waals surface area (Å²) in [6, 6.07) is 9.27. The molecule has 0 aliphatic carbocycles. The van der Waals surface area contributed by atoms with Crippen molar-refractivity contribution in [3.63, 3.8) is 0 Å². The summed E-state index contributed by atoms with van der Waals surface area (Å²) in [5, 5.41) is 2.17. The van der Waals surface area contributed by atoms with Gasteiger partial charge in [0, 0.05) is 37.3 Å². The van der Waals surface area contributed by atoms with Gasteiger partial charge in [-0.1, -0.05) is 11.6 Å². The Morgan fingerprint density at radius 2 is 1.76 bits per heavy atom. The van der Waals surface area contributed by atoms with Crippen molar-refractivity contribution in [2.45, 2.75) is 0 Å². The van der Waals surface area contributed by atoms with E-state index >= 15 is 0 Å². The summed E-state index contributed by atoms with van der Waals surface area (Å²) in [4.78, 5) is 53.4. The van der Waals surface area contributed by atoms with Crippen LogP contribution >= 0.6 is 11.6 Å². The number of carbonyl (C=O) groups is 2. The summed E-state index contributed by atoms with van der Waals surface area (Å²) in [6.45, 7) is 0. The zero-order chi connectivity index (χ0) is 26.9. The third kappa shape index (κ3) is 5.09. The Kier molecular flexibility index (Phi) is 6.85. The van der Waals surface area contributed by atoms with Gasteiger partial charge in [0.25, 0.3) is 17.4 Å². The van der Waals surface area contributed by atoms with E-state index in [2.05, 4.69) is 10.3 Å². The number of carbonyl (C=O) groups excluding carboxylic acids is 2. The van der Waals surface area contributed by atoms with Gasteiger partial charge in [0.15, 0.2) is 11.6 Å². The SMILES string of the molecule is Cn1cc(C(=O)Nc2ccc(Oc3ccnc(C(N)=O)c3Cl)c(F)c2)c(=O)n(-c2ccc(F)cc2)c1=O. The molecule has 0 atom stereocenters. The summed E-state index contributed by atoms with van der Waals surface area (Å²) >= 11 is 6.04. The number of benzene rings is 2. The van der Waals surface area contributed by atoms with Crippen LogP contribution < -0.4 is 27.0 Å². The zero-order valence-electron chi connectivity index (χ0n) is 18.9. The summed E-state index contributed by atoms with van der Waals surface area (Å²) in [6.07, 6.45) is 2.25. The lowest BCUT2D eigenvalue weighted by Crippen LogP contribution is -2.41. The Bertz CT molecular complexity index is 1670. The molecule has 2 amide bonds. The maximum Gasteiger partial charge on any atom is 0.335 e. The van der Waals surface area contributed by atoms with Crippen LogP contribution in [0.1, 0.15) is 20.8 Å². The van der Waals surface area contributed by atoms with Crippen molar-refractivity contribution in [3.05, 3.63) is 110 Å². The van der Waals surface area contributed by atoms with Gasteiger partial charge < -0.3 is 20.4 Å². The molecule has 3 N–H and O–H groups in total. The monoisotopic (exact) mass is 527 g/mol. The largest absolute Gasteiger partial charge is 0.453 e. The highest BCUT2D eigenvalue weighted by molar-refractivity contribution is 6.34. The first-order valence-corrected chi connectivity index (χ1v) is 10.8. The first-order valence-electron chi connectivity index (χ1n) is 10.4. The van der Waals surface area contributed by atoms with Crippen LogP contribution in [0.15, 0.2) is 70.5 Å². The third-order valence-electron chi connectivity index (χ3n) is 5.08. The number of rotatable bonds is 6. The molecule has 0 bridgehead atoms. The van der Waals surface area contributed by atoms with Crippen molar-refractivity contribution >= 4 is 29.1 Å². The lowest BCUT2D eigenvalue weighted by molar-refractivity contribution is 0.0993. The number of aryl methyl sites for hydroxylation is 1. The van der Waals surface area contributed by atoms with E-state index in [9.17, 15) is 28.0 Å². The summed E-state index contributed by atoms with van der Waals surface area (Å²) < 4.78 is 35.1. The number of anilines is 1. The van der Waals surface area contributed by atoms with E-state index in [1.165, 1.54) is 43.6 Å². The van der Waals surface area contributed by atoms with E-state index in [0.29, 0.717) is 4.57 Å². The third-order valence-corrected chi connectivity index (χ3v) is 5.44. The molecule has 10 nitrogen and oxygen atoms in total. The van der Waals surface area contributed by atoms with Gasteiger partial charge in [0.1, 0.15) is 27.8 Å². The highest BCUT2D eigenvalue weighted by Gasteiger charge is 2.19. The Hall–Kier alpha value is -4.84. The number of nitrogens with zero attached hydrogens (tertiary/aromatic N) is 3. The number of nitrogens with two attached hydrogens (primary N) is 1. The van der Waals surface area contributed by atoms with Crippen molar-refractivity contribution in [1.82, 2.24) is 14.1 Å². The van der Waals surface area contributed by atoms with Crippen LogP contribution in [-0.2, 0) is 7.05 Å². The van der Waals surface area contributed by atoms with E-state index in [4.69, 9.17) is 22.1 Å². The summed E-state index contributed by atoms with van der Waals surface area (Å²) in [7, 11) is 1.33. The fourth-order valence-corrected chi connectivity index (χ4v) is 3.54. The van der Waals surface area contributed by atoms with E-state index < -0.39 is 40.3 Å². The number of hydrogen-bond acceptors (Lipinski definition) is 6. The van der Waals surface area contributed by atoms with Crippen molar-refractivity contribution in [2.75, 3.05) is 5.32 Å². The van der Waals surface area contributed by atoms with Crippen LogP contribution in [0, 0.1) is 11.6 Å². The molecule has 0 unspecified atom stereocenters. The number of amides is 2. The van der Waals surface area contributed by atoms with E-state index in [-0.39, 0.29) is 33.6 Å². The average Bonchev–Trinajstić information content (AvgIpc) is 2.85. The number of nitrogens with one attached hydrogen (secondary N) is 1. The molecule has 0 radical (unpaired) electrons. The van der Waals surface area contributed by atoms with Gasteiger partial charge in [-0.15, -0.1) is 0 Å². The van der Waals surface area contributed by atoms with Gasteiger partial charge in [-0.25, -0.2) is 23.1 Å². The second kappa shape index (κ2) is 10.0. The Labute approximate surface area is 211 Å². The highest BCUT2D eigenvalue weighted by Crippen LogP contribution is 2.33. The molecule has 4 rings (SSSR count). The molecule has 13 heteroatoms. The van der Waals surface area contributed by atoms with Crippen LogP contribution in [0.5, 0.6) is 11.5 Å². The molecule has 2 heterocycles. The minimum absolute atomic E-state index is 0.0323. The molecule has 0 aliphatic rings. The topological polar surface area (TPSA) is 138 Å². The minimum atomic E-state index is -0.954. The number of ether oxygens (including phenoxy) is 1. The fourth-order valence-electron chi connectivity index (χ4n) is 3.30. The van der Waals surface area contributed by atoms with Crippen molar-refractivity contribution in [3.8, 4) is 17.2 Å². The number of primary amides is 1. The number of aromatic nitrogens is 3. The molecule has 2 aromatic heterocycles. The molecule has 4 aromatic rings. The smallest absolute Gasteiger partial charge is 0.335 e. The lowest BCUT2D eigenvalue weighted by atomic mass is 10.2. The fraction of sp³-hybridized carbons (Fsp3) is 0.0417. The standard InChI is InChI=1S/C24H16ClF2N5O5/c1-31-11-15(23(35)32(24(31)36)14-5-2-12(26)3-6-14)22(34)30-13-4-7-17(16(27)10-13)37-18-8-9-29-20(19(18)25)21(28)33/h2-11H,1H3,(H2,28,33)(H,30,34). The highest BCUT2D eigenvalue weighted by atomic mass is 35.5. The van der Waals surface area contributed by atoms with Crippen molar-refractivity contribution < 1.29 is 23.1 Å².